The Bertz CT molecular complexity index is 828. The van der Waals surface area contributed by atoms with Gasteiger partial charge in [0.05, 0.1) is 5.41 Å². The van der Waals surface area contributed by atoms with Gasteiger partial charge in [-0.25, -0.2) is 0 Å². The lowest BCUT2D eigenvalue weighted by molar-refractivity contribution is -0.142. The van der Waals surface area contributed by atoms with Crippen molar-refractivity contribution in [3.63, 3.8) is 0 Å². The van der Waals surface area contributed by atoms with Crippen LogP contribution in [0.3, 0.4) is 0 Å². The van der Waals surface area contributed by atoms with Gasteiger partial charge in [-0.15, -0.1) is 0 Å². The number of aromatic nitrogens is 1. The maximum Gasteiger partial charge on any atom is 0.316 e. The van der Waals surface area contributed by atoms with E-state index in [1.165, 1.54) is 10.8 Å². The van der Waals surface area contributed by atoms with Crippen molar-refractivity contribution >= 4 is 24.5 Å². The van der Waals surface area contributed by atoms with Crippen molar-refractivity contribution in [2.75, 3.05) is 0 Å². The van der Waals surface area contributed by atoms with Gasteiger partial charge in [0.15, 0.2) is 8.07 Å². The summed E-state index contributed by atoms with van der Waals surface area (Å²) in [4.78, 5) is 17.6. The summed E-state index contributed by atoms with van der Waals surface area (Å²) in [5.41, 5.74) is 2.60. The molecule has 4 heteroatoms. The lowest BCUT2D eigenvalue weighted by Crippen LogP contribution is -2.64. The van der Waals surface area contributed by atoms with Crippen LogP contribution in [0.15, 0.2) is 36.5 Å². The molecule has 0 fully saturated rings. The number of hydrogen-bond donors (Lipinski definition) is 0. The highest BCUT2D eigenvalue weighted by atomic mass is 28.3. The largest absolute Gasteiger partial charge is 0.426 e. The molecule has 152 valence electrons. The summed E-state index contributed by atoms with van der Waals surface area (Å²) >= 11 is 0. The molecule has 1 heterocycles. The molecule has 0 amide bonds. The molecule has 0 saturated carbocycles. The molecular formula is C24H35NO2Si. The maximum absolute atomic E-state index is 12.8. The van der Waals surface area contributed by atoms with Gasteiger partial charge in [0.2, 0.25) is 0 Å². The van der Waals surface area contributed by atoms with Gasteiger partial charge in [0.25, 0.3) is 0 Å². The number of carbonyl (C=O) groups is 1. The molecule has 3 nitrogen and oxygen atoms in total. The summed E-state index contributed by atoms with van der Waals surface area (Å²) in [7, 11) is -2.32. The van der Waals surface area contributed by atoms with E-state index in [0.717, 1.165) is 10.9 Å². The predicted molar refractivity (Wildman–Crippen MR) is 120 cm³/mol. The van der Waals surface area contributed by atoms with E-state index < -0.39 is 13.5 Å². The Kier molecular flexibility index (Phi) is 6.54. The van der Waals surface area contributed by atoms with E-state index in [9.17, 15) is 4.79 Å². The molecule has 0 atom stereocenters. The molecule has 0 spiro atoms. The highest BCUT2D eigenvalue weighted by Gasteiger charge is 2.47. The fourth-order valence-corrected chi connectivity index (χ4v) is 9.76. The summed E-state index contributed by atoms with van der Waals surface area (Å²) in [6.07, 6.45) is 1.88. The minimum atomic E-state index is -2.32. The van der Waals surface area contributed by atoms with E-state index in [2.05, 4.69) is 59.7 Å². The number of esters is 1. The molecule has 1 aromatic heterocycles. The Balaban J connectivity index is 2.83. The molecule has 28 heavy (non-hydrogen) atoms. The average molecular weight is 398 g/mol. The number of pyridine rings is 1. The van der Waals surface area contributed by atoms with Crippen LogP contribution in [0.1, 0.15) is 59.6 Å². The smallest absolute Gasteiger partial charge is 0.316 e. The first-order chi connectivity index (χ1) is 12.9. The van der Waals surface area contributed by atoms with E-state index in [1.54, 1.807) is 0 Å². The SMILES string of the molecule is Cc1cc(OC(=O)C(C)(C)C)c([Si](c2ccccn2)(C(C)C)C(C)C)cc1C. The number of aryl methyl sites for hydroxylation is 2. The first-order valence-corrected chi connectivity index (χ1v) is 12.3. The molecule has 1 aromatic carbocycles. The Labute approximate surface area is 171 Å². The van der Waals surface area contributed by atoms with Crippen LogP contribution in [0.25, 0.3) is 0 Å². The van der Waals surface area contributed by atoms with Crippen LogP contribution in [0.4, 0.5) is 0 Å². The molecule has 0 unspecified atom stereocenters. The topological polar surface area (TPSA) is 39.2 Å². The first-order valence-electron chi connectivity index (χ1n) is 10.2. The summed E-state index contributed by atoms with van der Waals surface area (Å²) in [6, 6.07) is 10.5. The number of rotatable bonds is 5. The zero-order valence-corrected chi connectivity index (χ0v) is 19.9. The van der Waals surface area contributed by atoms with Gasteiger partial charge < -0.3 is 4.74 Å². The standard InChI is InChI=1S/C24H35NO2Si/c1-16(2)28(17(3)4,22-12-10-11-13-25-22)21-15-19(6)18(5)14-20(21)27-23(26)24(7,8)9/h10-17H,1-9H3. The molecule has 0 saturated heterocycles. The summed E-state index contributed by atoms with van der Waals surface area (Å²) < 4.78 is 6.04. The normalized spacial score (nSPS) is 12.5. The van der Waals surface area contributed by atoms with Crippen molar-refractivity contribution in [2.24, 2.45) is 5.41 Å². The third-order valence-electron chi connectivity index (χ3n) is 5.77. The highest BCUT2D eigenvalue weighted by Crippen LogP contribution is 2.35. The molecule has 0 aliphatic carbocycles. The Morgan fingerprint density at radius 3 is 2.04 bits per heavy atom. The van der Waals surface area contributed by atoms with Crippen molar-refractivity contribution < 1.29 is 9.53 Å². The fourth-order valence-electron chi connectivity index (χ4n) is 4.08. The van der Waals surface area contributed by atoms with Crippen LogP contribution >= 0.6 is 0 Å². The van der Waals surface area contributed by atoms with Crippen LogP contribution in [0.5, 0.6) is 5.75 Å². The minimum absolute atomic E-state index is 0.201. The summed E-state index contributed by atoms with van der Waals surface area (Å²) in [5, 5.41) is 2.33. The number of nitrogens with zero attached hydrogens (tertiary/aromatic N) is 1. The second kappa shape index (κ2) is 8.20. The van der Waals surface area contributed by atoms with E-state index >= 15 is 0 Å². The van der Waals surface area contributed by atoms with Gasteiger partial charge in [0, 0.05) is 11.5 Å². The number of hydrogen-bond acceptors (Lipinski definition) is 3. The average Bonchev–Trinajstić information content (AvgIpc) is 2.59. The van der Waals surface area contributed by atoms with Crippen molar-refractivity contribution in [2.45, 2.75) is 73.4 Å². The molecule has 2 aromatic rings. The lowest BCUT2D eigenvalue weighted by atomic mass is 9.97. The van der Waals surface area contributed by atoms with Gasteiger partial charge in [-0.2, -0.15) is 0 Å². The van der Waals surface area contributed by atoms with Crippen LogP contribution in [0.2, 0.25) is 11.1 Å². The number of benzene rings is 1. The quantitative estimate of drug-likeness (QED) is 0.403. The molecule has 0 N–H and O–H groups in total. The molecule has 2 rings (SSSR count). The first kappa shape index (κ1) is 22.3. The van der Waals surface area contributed by atoms with Crippen LogP contribution in [0, 0.1) is 19.3 Å². The molecule has 0 radical (unpaired) electrons. The zero-order valence-electron chi connectivity index (χ0n) is 18.9. The van der Waals surface area contributed by atoms with Crippen molar-refractivity contribution in [3.8, 4) is 5.75 Å². The molecular weight excluding hydrogens is 362 g/mol. The lowest BCUT2D eigenvalue weighted by Gasteiger charge is -2.40. The molecule has 0 aliphatic heterocycles. The predicted octanol–water partition coefficient (Wildman–Crippen LogP) is 5.03. The monoisotopic (exact) mass is 397 g/mol. The van der Waals surface area contributed by atoms with Gasteiger partial charge in [-0.05, 0) is 80.2 Å². The Hall–Kier alpha value is -1.94. The van der Waals surface area contributed by atoms with E-state index in [4.69, 9.17) is 9.72 Å². The Morgan fingerprint density at radius 1 is 1.00 bits per heavy atom. The van der Waals surface area contributed by atoms with Gasteiger partial charge in [-0.1, -0.05) is 39.8 Å². The second-order valence-corrected chi connectivity index (χ2v) is 14.6. The summed E-state index contributed by atoms with van der Waals surface area (Å²) in [6.45, 7) is 19.0. The van der Waals surface area contributed by atoms with Gasteiger partial charge in [0.1, 0.15) is 5.75 Å². The third-order valence-corrected chi connectivity index (χ3v) is 11.8. The number of carbonyl (C=O) groups excluding carboxylic acids is 1. The molecule has 0 aliphatic rings. The third kappa shape index (κ3) is 4.07. The molecule has 0 bridgehead atoms. The van der Waals surface area contributed by atoms with Crippen LogP contribution in [-0.2, 0) is 4.79 Å². The Morgan fingerprint density at radius 2 is 1.57 bits per heavy atom. The fraction of sp³-hybridized carbons (Fsp3) is 0.500. The van der Waals surface area contributed by atoms with E-state index in [-0.39, 0.29) is 5.97 Å². The zero-order chi connectivity index (χ0) is 21.3. The highest BCUT2D eigenvalue weighted by molar-refractivity contribution is 7.04. The van der Waals surface area contributed by atoms with E-state index in [0.29, 0.717) is 16.8 Å². The van der Waals surface area contributed by atoms with Crippen LogP contribution < -0.4 is 15.2 Å². The van der Waals surface area contributed by atoms with Gasteiger partial charge >= 0.3 is 5.97 Å². The van der Waals surface area contributed by atoms with Crippen molar-refractivity contribution in [3.05, 3.63) is 47.7 Å². The number of ether oxygens (including phenoxy) is 1. The van der Waals surface area contributed by atoms with Crippen molar-refractivity contribution in [1.82, 2.24) is 4.98 Å². The second-order valence-electron chi connectivity index (χ2n) is 9.47. The summed E-state index contributed by atoms with van der Waals surface area (Å²) in [5.74, 6) is 0.510. The maximum atomic E-state index is 12.8. The minimum Gasteiger partial charge on any atom is -0.426 e. The van der Waals surface area contributed by atoms with Crippen LogP contribution in [-0.4, -0.2) is 19.0 Å². The van der Waals surface area contributed by atoms with E-state index in [1.807, 2.05) is 39.1 Å². The van der Waals surface area contributed by atoms with Crippen molar-refractivity contribution in [1.29, 1.82) is 0 Å². The van der Waals surface area contributed by atoms with Gasteiger partial charge in [-0.3, -0.25) is 9.78 Å².